The van der Waals surface area contributed by atoms with Gasteiger partial charge < -0.3 is 4.90 Å². The number of benzene rings is 2. The summed E-state index contributed by atoms with van der Waals surface area (Å²) in [6.07, 6.45) is 1.08. The Kier molecular flexibility index (Phi) is 5.49. The number of hydrogen-bond donors (Lipinski definition) is 0. The Labute approximate surface area is 138 Å². The van der Waals surface area contributed by atoms with Crippen molar-refractivity contribution in [3.63, 3.8) is 0 Å². The summed E-state index contributed by atoms with van der Waals surface area (Å²) in [5, 5.41) is 0.838. The van der Waals surface area contributed by atoms with Crippen LogP contribution >= 0.6 is 11.6 Å². The van der Waals surface area contributed by atoms with Crippen LogP contribution in [0.5, 0.6) is 0 Å². The van der Waals surface area contributed by atoms with E-state index >= 15 is 0 Å². The molecule has 2 aromatic rings. The summed E-state index contributed by atoms with van der Waals surface area (Å²) in [6.45, 7) is 6.83. The smallest absolute Gasteiger partial charge is 0.0408 e. The first kappa shape index (κ1) is 15.5. The Hall–Kier alpha value is -1.35. The van der Waals surface area contributed by atoms with E-state index in [4.69, 9.17) is 11.6 Å². The van der Waals surface area contributed by atoms with Crippen LogP contribution in [0.1, 0.15) is 11.1 Å². The molecule has 1 aliphatic heterocycles. The van der Waals surface area contributed by atoms with Gasteiger partial charge in [-0.05, 0) is 29.7 Å². The van der Waals surface area contributed by atoms with Crippen LogP contribution in [0.3, 0.4) is 0 Å². The van der Waals surface area contributed by atoms with Crippen molar-refractivity contribution in [1.82, 2.24) is 9.80 Å². The molecular formula is C19H23ClN2. The lowest BCUT2D eigenvalue weighted by Gasteiger charge is -2.34. The van der Waals surface area contributed by atoms with Gasteiger partial charge in [0.05, 0.1) is 0 Å². The van der Waals surface area contributed by atoms with Crippen LogP contribution in [-0.4, -0.2) is 42.5 Å². The fourth-order valence-corrected chi connectivity index (χ4v) is 3.21. The van der Waals surface area contributed by atoms with Crippen LogP contribution in [0.15, 0.2) is 54.6 Å². The number of halogens is 1. The summed E-state index contributed by atoms with van der Waals surface area (Å²) < 4.78 is 0. The Balaban J connectivity index is 1.42. The lowest BCUT2D eigenvalue weighted by Crippen LogP contribution is -2.46. The third kappa shape index (κ3) is 4.57. The van der Waals surface area contributed by atoms with Gasteiger partial charge in [-0.25, -0.2) is 0 Å². The van der Waals surface area contributed by atoms with Crippen molar-refractivity contribution >= 4 is 11.6 Å². The quantitative estimate of drug-likeness (QED) is 0.830. The third-order valence-corrected chi connectivity index (χ3v) is 4.55. The molecule has 0 atom stereocenters. The van der Waals surface area contributed by atoms with Gasteiger partial charge in [-0.1, -0.05) is 54.1 Å². The van der Waals surface area contributed by atoms with E-state index in [9.17, 15) is 0 Å². The van der Waals surface area contributed by atoms with Gasteiger partial charge >= 0.3 is 0 Å². The minimum Gasteiger partial charge on any atom is -0.300 e. The predicted molar refractivity (Wildman–Crippen MR) is 93.3 cm³/mol. The summed E-state index contributed by atoms with van der Waals surface area (Å²) in [4.78, 5) is 5.10. The fraction of sp³-hybridized carbons (Fsp3) is 0.368. The average molecular weight is 315 g/mol. The van der Waals surface area contributed by atoms with Gasteiger partial charge in [-0.3, -0.25) is 4.90 Å². The van der Waals surface area contributed by atoms with Gasteiger partial charge in [-0.15, -0.1) is 0 Å². The van der Waals surface area contributed by atoms with Gasteiger partial charge in [0.2, 0.25) is 0 Å². The van der Waals surface area contributed by atoms with Crippen LogP contribution in [0.4, 0.5) is 0 Å². The number of nitrogens with zero attached hydrogens (tertiary/aromatic N) is 2. The van der Waals surface area contributed by atoms with Crippen molar-refractivity contribution in [3.8, 4) is 0 Å². The first-order chi connectivity index (χ1) is 10.8. The molecule has 0 N–H and O–H groups in total. The largest absolute Gasteiger partial charge is 0.300 e. The van der Waals surface area contributed by atoms with Gasteiger partial charge in [0, 0.05) is 44.3 Å². The number of piperazine rings is 1. The minimum absolute atomic E-state index is 0.838. The molecule has 1 saturated heterocycles. The first-order valence-corrected chi connectivity index (χ1v) is 8.40. The van der Waals surface area contributed by atoms with Crippen molar-refractivity contribution in [2.45, 2.75) is 13.0 Å². The van der Waals surface area contributed by atoms with Crippen LogP contribution < -0.4 is 0 Å². The highest BCUT2D eigenvalue weighted by Gasteiger charge is 2.16. The molecule has 0 amide bonds. The van der Waals surface area contributed by atoms with E-state index in [-0.39, 0.29) is 0 Å². The SMILES string of the molecule is Clc1cccc(CCN2CCN(Cc3ccccc3)CC2)c1. The Morgan fingerprint density at radius 2 is 1.45 bits per heavy atom. The van der Waals surface area contributed by atoms with Gasteiger partial charge in [0.25, 0.3) is 0 Å². The second-order valence-electron chi connectivity index (χ2n) is 5.98. The molecule has 3 rings (SSSR count). The monoisotopic (exact) mass is 314 g/mol. The molecule has 0 saturated carbocycles. The van der Waals surface area contributed by atoms with Gasteiger partial charge in [0.1, 0.15) is 0 Å². The molecule has 0 spiro atoms. The summed E-state index contributed by atoms with van der Waals surface area (Å²) in [5.74, 6) is 0. The maximum Gasteiger partial charge on any atom is 0.0408 e. The lowest BCUT2D eigenvalue weighted by molar-refractivity contribution is 0.128. The molecule has 1 aliphatic rings. The maximum atomic E-state index is 6.04. The average Bonchev–Trinajstić information content (AvgIpc) is 2.55. The predicted octanol–water partition coefficient (Wildman–Crippen LogP) is 3.70. The summed E-state index contributed by atoms with van der Waals surface area (Å²) in [6, 6.07) is 19.0. The molecule has 2 aromatic carbocycles. The Morgan fingerprint density at radius 3 is 2.18 bits per heavy atom. The van der Waals surface area contributed by atoms with Crippen molar-refractivity contribution in [2.24, 2.45) is 0 Å². The number of rotatable bonds is 5. The molecule has 0 radical (unpaired) electrons. The molecule has 0 bridgehead atoms. The Bertz CT molecular complexity index is 577. The molecule has 0 aromatic heterocycles. The van der Waals surface area contributed by atoms with E-state index in [1.54, 1.807) is 0 Å². The van der Waals surface area contributed by atoms with Crippen molar-refractivity contribution in [3.05, 3.63) is 70.7 Å². The normalized spacial score (nSPS) is 16.8. The number of hydrogen-bond acceptors (Lipinski definition) is 2. The molecule has 0 unspecified atom stereocenters. The second-order valence-corrected chi connectivity index (χ2v) is 6.42. The zero-order valence-corrected chi connectivity index (χ0v) is 13.7. The van der Waals surface area contributed by atoms with Crippen LogP contribution in [0.2, 0.25) is 5.02 Å². The highest BCUT2D eigenvalue weighted by molar-refractivity contribution is 6.30. The zero-order chi connectivity index (χ0) is 15.2. The van der Waals surface area contributed by atoms with E-state index in [1.807, 2.05) is 12.1 Å². The Morgan fingerprint density at radius 1 is 0.773 bits per heavy atom. The molecule has 1 heterocycles. The molecular weight excluding hydrogens is 292 g/mol. The summed E-state index contributed by atoms with van der Waals surface area (Å²) in [7, 11) is 0. The van der Waals surface area contributed by atoms with E-state index in [1.165, 1.54) is 11.1 Å². The second kappa shape index (κ2) is 7.77. The van der Waals surface area contributed by atoms with Gasteiger partial charge in [0.15, 0.2) is 0 Å². The fourth-order valence-electron chi connectivity index (χ4n) is 2.99. The van der Waals surface area contributed by atoms with Crippen LogP contribution in [-0.2, 0) is 13.0 Å². The molecule has 116 valence electrons. The van der Waals surface area contributed by atoms with E-state index in [0.29, 0.717) is 0 Å². The van der Waals surface area contributed by atoms with E-state index in [0.717, 1.165) is 50.7 Å². The zero-order valence-electron chi connectivity index (χ0n) is 12.9. The van der Waals surface area contributed by atoms with E-state index < -0.39 is 0 Å². The van der Waals surface area contributed by atoms with Crippen LogP contribution in [0.25, 0.3) is 0 Å². The first-order valence-electron chi connectivity index (χ1n) is 8.03. The van der Waals surface area contributed by atoms with Crippen molar-refractivity contribution < 1.29 is 0 Å². The molecule has 0 aliphatic carbocycles. The molecule has 3 heteroatoms. The van der Waals surface area contributed by atoms with Crippen molar-refractivity contribution in [2.75, 3.05) is 32.7 Å². The molecule has 22 heavy (non-hydrogen) atoms. The van der Waals surface area contributed by atoms with Gasteiger partial charge in [-0.2, -0.15) is 0 Å². The lowest BCUT2D eigenvalue weighted by atomic mass is 10.1. The summed E-state index contributed by atoms with van der Waals surface area (Å²) in [5.41, 5.74) is 2.74. The van der Waals surface area contributed by atoms with Crippen molar-refractivity contribution in [1.29, 1.82) is 0 Å². The molecule has 1 fully saturated rings. The standard InChI is InChI=1S/C19H23ClN2/c20-19-8-4-7-17(15-19)9-10-21-11-13-22(14-12-21)16-18-5-2-1-3-6-18/h1-8,15H,9-14,16H2. The van der Waals surface area contributed by atoms with E-state index in [2.05, 4.69) is 52.3 Å². The topological polar surface area (TPSA) is 6.48 Å². The maximum absolute atomic E-state index is 6.04. The van der Waals surface area contributed by atoms with Crippen LogP contribution in [0, 0.1) is 0 Å². The third-order valence-electron chi connectivity index (χ3n) is 4.32. The minimum atomic E-state index is 0.838. The summed E-state index contributed by atoms with van der Waals surface area (Å²) >= 11 is 6.04. The molecule has 2 nitrogen and oxygen atoms in total. The highest BCUT2D eigenvalue weighted by Crippen LogP contribution is 2.13. The highest BCUT2D eigenvalue weighted by atomic mass is 35.5.